The van der Waals surface area contributed by atoms with Crippen molar-refractivity contribution in [2.45, 2.75) is 11.3 Å². The lowest BCUT2D eigenvalue weighted by molar-refractivity contribution is -0.110. The van der Waals surface area contributed by atoms with Gasteiger partial charge in [-0.3, -0.25) is 4.84 Å². The first kappa shape index (κ1) is 20.7. The first-order valence-electron chi connectivity index (χ1n) is 8.02. The zero-order valence-corrected chi connectivity index (χ0v) is 16.5. The predicted octanol–water partition coefficient (Wildman–Crippen LogP) is 0.565. The number of nitrogens with zero attached hydrogens (tertiary/aromatic N) is 1. The van der Waals surface area contributed by atoms with Gasteiger partial charge in [-0.25, -0.2) is 13.1 Å². The van der Waals surface area contributed by atoms with Crippen molar-refractivity contribution in [3.05, 3.63) is 17.7 Å². The van der Waals surface area contributed by atoms with Gasteiger partial charge in [-0.2, -0.15) is 5.06 Å². The van der Waals surface area contributed by atoms with Gasteiger partial charge in [0, 0.05) is 20.7 Å². The van der Waals surface area contributed by atoms with E-state index in [0.717, 1.165) is 0 Å². The number of ether oxygens (including phenoxy) is 4. The van der Waals surface area contributed by atoms with Gasteiger partial charge in [0.2, 0.25) is 15.8 Å². The Hall–Kier alpha value is -1.59. The molecule has 1 saturated heterocycles. The molecule has 1 N–H and O–H groups in total. The molecule has 0 bridgehead atoms. The smallest absolute Gasteiger partial charge is 0.218 e. The van der Waals surface area contributed by atoms with Gasteiger partial charge in [0.05, 0.1) is 40.6 Å². The summed E-state index contributed by atoms with van der Waals surface area (Å²) in [7, 11) is 4.11. The Morgan fingerprint density at radius 3 is 2.27 bits per heavy atom. The molecule has 0 radical (unpaired) electrons. The molecular weight excluding hydrogens is 364 g/mol. The lowest BCUT2D eigenvalue weighted by Crippen LogP contribution is -2.40. The molecule has 1 aliphatic heterocycles. The molecule has 2 atom stereocenters. The van der Waals surface area contributed by atoms with Gasteiger partial charge in [0.15, 0.2) is 11.5 Å². The van der Waals surface area contributed by atoms with Gasteiger partial charge in [0.1, 0.15) is 5.25 Å². The number of hydrogen-bond donors (Lipinski definition) is 1. The highest BCUT2D eigenvalue weighted by atomic mass is 32.2. The van der Waals surface area contributed by atoms with E-state index in [1.807, 2.05) is 0 Å². The zero-order valence-electron chi connectivity index (χ0n) is 15.6. The standard InChI is InChI=1S/C16H26N2O7S/c1-18-15(14(10-25-18)26(19,20)17-6-7-21-2)11-8-12(22-3)16(24-5)13(9-11)23-4/h8-9,14-15,17H,6-7,10H2,1-5H3/t14-,15+/m0/s1. The van der Waals surface area contributed by atoms with Crippen LogP contribution in [0.2, 0.25) is 0 Å². The third-order valence-corrected chi connectivity index (χ3v) is 6.02. The summed E-state index contributed by atoms with van der Waals surface area (Å²) in [5.74, 6) is 1.34. The van der Waals surface area contributed by atoms with Crippen LogP contribution in [0.3, 0.4) is 0 Å². The molecule has 148 valence electrons. The molecule has 1 aromatic rings. The fourth-order valence-corrected chi connectivity index (χ4v) is 4.44. The highest BCUT2D eigenvalue weighted by Crippen LogP contribution is 2.43. The summed E-state index contributed by atoms with van der Waals surface area (Å²) >= 11 is 0. The molecule has 0 amide bonds. The molecule has 1 heterocycles. The molecule has 1 aromatic carbocycles. The normalized spacial score (nSPS) is 21.0. The minimum Gasteiger partial charge on any atom is -0.493 e. The number of hydrogen-bond acceptors (Lipinski definition) is 8. The summed E-state index contributed by atoms with van der Waals surface area (Å²) < 4.78 is 48.9. The van der Waals surface area contributed by atoms with Gasteiger partial charge in [-0.1, -0.05) is 0 Å². The topological polar surface area (TPSA) is 95.6 Å². The van der Waals surface area contributed by atoms with E-state index >= 15 is 0 Å². The number of methoxy groups -OCH3 is 4. The second-order valence-corrected chi connectivity index (χ2v) is 7.70. The molecule has 1 aliphatic rings. The summed E-state index contributed by atoms with van der Waals surface area (Å²) in [6.45, 7) is 0.526. The summed E-state index contributed by atoms with van der Waals surface area (Å²) in [5.41, 5.74) is 0.682. The molecule has 0 unspecified atom stereocenters. The molecular formula is C16H26N2O7S. The summed E-state index contributed by atoms with van der Waals surface area (Å²) in [4.78, 5) is 5.50. The maximum atomic E-state index is 12.7. The van der Waals surface area contributed by atoms with E-state index < -0.39 is 21.3 Å². The molecule has 9 nitrogen and oxygen atoms in total. The van der Waals surface area contributed by atoms with Crippen molar-refractivity contribution in [2.24, 2.45) is 0 Å². The number of rotatable bonds is 9. The van der Waals surface area contributed by atoms with Crippen molar-refractivity contribution in [3.63, 3.8) is 0 Å². The minimum absolute atomic E-state index is 0.0418. The van der Waals surface area contributed by atoms with Crippen molar-refractivity contribution < 1.29 is 32.2 Å². The summed E-state index contributed by atoms with van der Waals surface area (Å²) in [5, 5.41) is 0.730. The van der Waals surface area contributed by atoms with Crippen LogP contribution in [0.25, 0.3) is 0 Å². The van der Waals surface area contributed by atoms with E-state index in [9.17, 15) is 8.42 Å². The average Bonchev–Trinajstić information content (AvgIpc) is 3.02. The Balaban J connectivity index is 2.41. The van der Waals surface area contributed by atoms with Crippen molar-refractivity contribution in [2.75, 3.05) is 55.2 Å². The Bertz CT molecular complexity index is 686. The average molecular weight is 390 g/mol. The second kappa shape index (κ2) is 8.87. The van der Waals surface area contributed by atoms with E-state index in [4.69, 9.17) is 23.8 Å². The number of sulfonamides is 1. The minimum atomic E-state index is -3.63. The van der Waals surface area contributed by atoms with Crippen LogP contribution >= 0.6 is 0 Å². The van der Waals surface area contributed by atoms with Crippen molar-refractivity contribution in [1.82, 2.24) is 9.79 Å². The third kappa shape index (κ3) is 4.21. The predicted molar refractivity (Wildman–Crippen MR) is 95.1 cm³/mol. The molecule has 0 aromatic heterocycles. The Morgan fingerprint density at radius 1 is 1.15 bits per heavy atom. The van der Waals surface area contributed by atoms with Crippen LogP contribution in [-0.2, 0) is 19.6 Å². The first-order valence-corrected chi connectivity index (χ1v) is 9.57. The summed E-state index contributed by atoms with van der Waals surface area (Å²) in [6.07, 6.45) is 0. The molecule has 1 fully saturated rings. The molecule has 0 saturated carbocycles. The lowest BCUT2D eigenvalue weighted by atomic mass is 10.0. The van der Waals surface area contributed by atoms with E-state index in [0.29, 0.717) is 22.8 Å². The maximum Gasteiger partial charge on any atom is 0.218 e. The third-order valence-electron chi connectivity index (χ3n) is 4.22. The number of hydroxylamine groups is 2. The van der Waals surface area contributed by atoms with Gasteiger partial charge in [-0.05, 0) is 17.7 Å². The van der Waals surface area contributed by atoms with Gasteiger partial charge >= 0.3 is 0 Å². The molecule has 26 heavy (non-hydrogen) atoms. The largest absolute Gasteiger partial charge is 0.493 e. The monoisotopic (exact) mass is 390 g/mol. The highest BCUT2D eigenvalue weighted by molar-refractivity contribution is 7.90. The van der Waals surface area contributed by atoms with Gasteiger partial charge < -0.3 is 18.9 Å². The van der Waals surface area contributed by atoms with E-state index in [2.05, 4.69) is 4.72 Å². The number of benzene rings is 1. The van der Waals surface area contributed by atoms with Crippen LogP contribution in [-0.4, -0.2) is 74.0 Å². The van der Waals surface area contributed by atoms with E-state index in [1.165, 1.54) is 33.5 Å². The van der Waals surface area contributed by atoms with Gasteiger partial charge in [0.25, 0.3) is 0 Å². The van der Waals surface area contributed by atoms with Crippen LogP contribution in [0, 0.1) is 0 Å². The van der Waals surface area contributed by atoms with Crippen molar-refractivity contribution >= 4 is 10.0 Å². The lowest BCUT2D eigenvalue weighted by Gasteiger charge is -2.24. The van der Waals surface area contributed by atoms with Crippen LogP contribution < -0.4 is 18.9 Å². The number of nitrogens with one attached hydrogen (secondary N) is 1. The molecule has 0 spiro atoms. The second-order valence-electron chi connectivity index (χ2n) is 5.72. The Morgan fingerprint density at radius 2 is 1.77 bits per heavy atom. The van der Waals surface area contributed by atoms with E-state index in [-0.39, 0.29) is 19.8 Å². The highest BCUT2D eigenvalue weighted by Gasteiger charge is 2.43. The quantitative estimate of drug-likeness (QED) is 0.612. The Kier molecular flexibility index (Phi) is 7.07. The van der Waals surface area contributed by atoms with Crippen LogP contribution in [0.5, 0.6) is 17.2 Å². The van der Waals surface area contributed by atoms with Crippen LogP contribution in [0.15, 0.2) is 12.1 Å². The Labute approximate surface area is 154 Å². The fourth-order valence-electron chi connectivity index (χ4n) is 2.95. The van der Waals surface area contributed by atoms with Crippen molar-refractivity contribution in [1.29, 1.82) is 0 Å². The summed E-state index contributed by atoms with van der Waals surface area (Å²) in [6, 6.07) is 2.92. The first-order chi connectivity index (χ1) is 12.4. The van der Waals surface area contributed by atoms with E-state index in [1.54, 1.807) is 19.2 Å². The van der Waals surface area contributed by atoms with Crippen LogP contribution in [0.4, 0.5) is 0 Å². The van der Waals surface area contributed by atoms with Crippen molar-refractivity contribution in [3.8, 4) is 17.2 Å². The fraction of sp³-hybridized carbons (Fsp3) is 0.625. The van der Waals surface area contributed by atoms with Crippen LogP contribution in [0.1, 0.15) is 11.6 Å². The maximum absolute atomic E-state index is 12.7. The molecule has 0 aliphatic carbocycles. The van der Waals surface area contributed by atoms with Gasteiger partial charge in [-0.15, -0.1) is 0 Å². The molecule has 10 heteroatoms. The molecule has 2 rings (SSSR count). The SMILES string of the molecule is COCCNS(=O)(=O)[C@H]1CON(C)[C@@H]1c1cc(OC)c(OC)c(OC)c1. The zero-order chi connectivity index (χ0) is 19.3.